The summed E-state index contributed by atoms with van der Waals surface area (Å²) in [7, 11) is 0. The van der Waals surface area contributed by atoms with Gasteiger partial charge in [-0.3, -0.25) is 9.59 Å². The van der Waals surface area contributed by atoms with Crippen molar-refractivity contribution in [3.63, 3.8) is 0 Å². The van der Waals surface area contributed by atoms with Crippen molar-refractivity contribution in [2.45, 2.75) is 13.8 Å². The lowest BCUT2D eigenvalue weighted by atomic mass is 10.2. The first-order valence-electron chi connectivity index (χ1n) is 8.51. The Bertz CT molecular complexity index is 802. The lowest BCUT2D eigenvalue weighted by molar-refractivity contribution is -0.125. The van der Waals surface area contributed by atoms with Crippen molar-refractivity contribution in [3.8, 4) is 5.75 Å². The number of nitrogens with one attached hydrogen (secondary N) is 2. The van der Waals surface area contributed by atoms with Crippen LogP contribution in [0, 0.1) is 6.92 Å². The smallest absolute Gasteiger partial charge is 0.340 e. The summed E-state index contributed by atoms with van der Waals surface area (Å²) in [6, 6.07) is 13.8. The number of anilines is 1. The van der Waals surface area contributed by atoms with Gasteiger partial charge in [-0.1, -0.05) is 29.8 Å². The number of benzene rings is 2. The molecule has 0 radical (unpaired) electrons. The molecule has 2 aromatic carbocycles. The van der Waals surface area contributed by atoms with Crippen molar-refractivity contribution in [2.24, 2.45) is 0 Å². The van der Waals surface area contributed by atoms with Crippen LogP contribution in [0.5, 0.6) is 5.75 Å². The van der Waals surface area contributed by atoms with Crippen molar-refractivity contribution in [2.75, 3.05) is 25.1 Å². The van der Waals surface area contributed by atoms with E-state index in [0.717, 1.165) is 5.56 Å². The Balaban J connectivity index is 1.81. The maximum atomic E-state index is 12.0. The molecule has 0 atom stereocenters. The minimum Gasteiger partial charge on any atom is -0.484 e. The molecule has 2 N–H and O–H groups in total. The first kappa shape index (κ1) is 20.0. The fourth-order valence-corrected chi connectivity index (χ4v) is 2.19. The van der Waals surface area contributed by atoms with Gasteiger partial charge in [0.25, 0.3) is 5.91 Å². The predicted molar refractivity (Wildman–Crippen MR) is 101 cm³/mol. The van der Waals surface area contributed by atoms with Gasteiger partial charge in [-0.2, -0.15) is 0 Å². The number of esters is 1. The molecule has 0 unspecified atom stereocenters. The van der Waals surface area contributed by atoms with Crippen molar-refractivity contribution in [1.82, 2.24) is 5.32 Å². The Labute approximate surface area is 157 Å². The Morgan fingerprint density at radius 1 is 0.963 bits per heavy atom. The molecule has 0 fully saturated rings. The summed E-state index contributed by atoms with van der Waals surface area (Å²) in [5.74, 6) is -0.840. The predicted octanol–water partition coefficient (Wildman–Crippen LogP) is 2.31. The standard InChI is InChI=1S/C20H22N2O5/c1-3-26-20(25)16-6-4-5-7-17(16)22-18(23)12-21-19(24)13-27-15-10-8-14(2)9-11-15/h4-11H,3,12-13H2,1-2H3,(H,21,24)(H,22,23). The molecule has 27 heavy (non-hydrogen) atoms. The quantitative estimate of drug-likeness (QED) is 0.696. The Morgan fingerprint density at radius 3 is 2.37 bits per heavy atom. The number of amides is 2. The molecule has 0 aliphatic heterocycles. The van der Waals surface area contributed by atoms with Crippen LogP contribution in [0.3, 0.4) is 0 Å². The maximum Gasteiger partial charge on any atom is 0.340 e. The average molecular weight is 370 g/mol. The normalized spacial score (nSPS) is 10.0. The molecule has 0 spiro atoms. The highest BCUT2D eigenvalue weighted by atomic mass is 16.5. The van der Waals surface area contributed by atoms with Crippen LogP contribution in [0.25, 0.3) is 0 Å². The van der Waals surface area contributed by atoms with Crippen LogP contribution in [0.1, 0.15) is 22.8 Å². The van der Waals surface area contributed by atoms with Crippen LogP contribution in [-0.2, 0) is 14.3 Å². The third-order valence-corrected chi connectivity index (χ3v) is 3.53. The van der Waals surface area contributed by atoms with E-state index in [0.29, 0.717) is 11.4 Å². The summed E-state index contributed by atoms with van der Waals surface area (Å²) < 4.78 is 10.3. The third-order valence-electron chi connectivity index (χ3n) is 3.53. The van der Waals surface area contributed by atoms with Crippen LogP contribution in [0.2, 0.25) is 0 Å². The van der Waals surface area contributed by atoms with Crippen LogP contribution in [0.4, 0.5) is 5.69 Å². The highest BCUT2D eigenvalue weighted by Crippen LogP contribution is 2.16. The average Bonchev–Trinajstić information content (AvgIpc) is 2.66. The van der Waals surface area contributed by atoms with Crippen molar-refractivity contribution in [3.05, 3.63) is 59.7 Å². The molecule has 2 aromatic rings. The summed E-state index contributed by atoms with van der Waals surface area (Å²) in [6.45, 7) is 3.45. The highest BCUT2D eigenvalue weighted by Gasteiger charge is 2.14. The van der Waals surface area contributed by atoms with E-state index in [1.54, 1.807) is 43.3 Å². The van der Waals surface area contributed by atoms with Crippen LogP contribution in [-0.4, -0.2) is 37.5 Å². The monoisotopic (exact) mass is 370 g/mol. The number of rotatable bonds is 8. The largest absolute Gasteiger partial charge is 0.484 e. The van der Waals surface area contributed by atoms with E-state index >= 15 is 0 Å². The van der Waals surface area contributed by atoms with Gasteiger partial charge in [-0.05, 0) is 38.1 Å². The topological polar surface area (TPSA) is 93.7 Å². The van der Waals surface area contributed by atoms with Gasteiger partial charge in [-0.25, -0.2) is 4.79 Å². The van der Waals surface area contributed by atoms with Crippen molar-refractivity contribution >= 4 is 23.5 Å². The lowest BCUT2D eigenvalue weighted by Crippen LogP contribution is -2.36. The summed E-state index contributed by atoms with van der Waals surface area (Å²) in [6.07, 6.45) is 0. The van der Waals surface area contributed by atoms with Crippen LogP contribution >= 0.6 is 0 Å². The molecule has 2 rings (SSSR count). The summed E-state index contributed by atoms with van der Waals surface area (Å²) in [5, 5.41) is 5.06. The number of ether oxygens (including phenoxy) is 2. The molecule has 0 aliphatic rings. The molecule has 0 bridgehead atoms. The zero-order chi connectivity index (χ0) is 19.6. The lowest BCUT2D eigenvalue weighted by Gasteiger charge is -2.11. The second-order valence-corrected chi connectivity index (χ2v) is 5.69. The fraction of sp³-hybridized carbons (Fsp3) is 0.250. The van der Waals surface area contributed by atoms with Crippen LogP contribution in [0.15, 0.2) is 48.5 Å². The third kappa shape index (κ3) is 6.47. The maximum absolute atomic E-state index is 12.0. The molecule has 2 amide bonds. The molecular formula is C20H22N2O5. The molecule has 0 saturated heterocycles. The summed E-state index contributed by atoms with van der Waals surface area (Å²) in [4.78, 5) is 35.7. The second-order valence-electron chi connectivity index (χ2n) is 5.69. The molecular weight excluding hydrogens is 348 g/mol. The molecule has 7 nitrogen and oxygen atoms in total. The minimum absolute atomic E-state index is 0.199. The van der Waals surface area contributed by atoms with Crippen molar-refractivity contribution in [1.29, 1.82) is 0 Å². The van der Waals surface area contributed by atoms with Gasteiger partial charge in [0.2, 0.25) is 5.91 Å². The Hall–Kier alpha value is -3.35. The van der Waals surface area contributed by atoms with E-state index in [4.69, 9.17) is 9.47 Å². The van der Waals surface area contributed by atoms with Gasteiger partial charge >= 0.3 is 5.97 Å². The van der Waals surface area contributed by atoms with Gasteiger partial charge in [0.1, 0.15) is 5.75 Å². The highest BCUT2D eigenvalue weighted by molar-refractivity contribution is 6.02. The molecule has 0 heterocycles. The SMILES string of the molecule is CCOC(=O)c1ccccc1NC(=O)CNC(=O)COc1ccc(C)cc1. The number of hydrogen-bond donors (Lipinski definition) is 2. The summed E-state index contributed by atoms with van der Waals surface area (Å²) >= 11 is 0. The molecule has 0 aliphatic carbocycles. The van der Waals surface area contributed by atoms with Crippen LogP contribution < -0.4 is 15.4 Å². The Kier molecular flexibility index (Phi) is 7.37. The van der Waals surface area contributed by atoms with E-state index in [1.807, 2.05) is 19.1 Å². The number of carbonyl (C=O) groups is 3. The Morgan fingerprint density at radius 2 is 1.67 bits per heavy atom. The summed E-state index contributed by atoms with van der Waals surface area (Å²) in [5.41, 5.74) is 1.67. The zero-order valence-electron chi connectivity index (χ0n) is 15.3. The fourth-order valence-electron chi connectivity index (χ4n) is 2.19. The molecule has 0 aromatic heterocycles. The first-order chi connectivity index (χ1) is 13.0. The van der Waals surface area contributed by atoms with Gasteiger partial charge in [0.15, 0.2) is 6.61 Å². The number of aryl methyl sites for hydroxylation is 1. The molecule has 7 heteroatoms. The van der Waals surface area contributed by atoms with Gasteiger partial charge in [-0.15, -0.1) is 0 Å². The molecule has 0 saturated carbocycles. The number of para-hydroxylation sites is 1. The minimum atomic E-state index is -0.524. The van der Waals surface area contributed by atoms with E-state index in [2.05, 4.69) is 10.6 Å². The molecule has 142 valence electrons. The van der Waals surface area contributed by atoms with Gasteiger partial charge in [0.05, 0.1) is 24.4 Å². The van der Waals surface area contributed by atoms with E-state index in [-0.39, 0.29) is 25.3 Å². The number of hydrogen-bond acceptors (Lipinski definition) is 5. The van der Waals surface area contributed by atoms with Crippen molar-refractivity contribution < 1.29 is 23.9 Å². The van der Waals surface area contributed by atoms with E-state index < -0.39 is 17.8 Å². The van der Waals surface area contributed by atoms with E-state index in [9.17, 15) is 14.4 Å². The van der Waals surface area contributed by atoms with Gasteiger partial charge < -0.3 is 20.1 Å². The zero-order valence-corrected chi connectivity index (χ0v) is 15.3. The number of carbonyl (C=O) groups excluding carboxylic acids is 3. The second kappa shape index (κ2) is 9.96. The first-order valence-corrected chi connectivity index (χ1v) is 8.51. The van der Waals surface area contributed by atoms with E-state index in [1.165, 1.54) is 0 Å². The van der Waals surface area contributed by atoms with Gasteiger partial charge in [0, 0.05) is 0 Å².